The van der Waals surface area contributed by atoms with Crippen LogP contribution in [0.2, 0.25) is 0 Å². The van der Waals surface area contributed by atoms with Crippen LogP contribution in [-0.4, -0.2) is 34.9 Å². The molecule has 0 spiro atoms. The molecule has 0 saturated heterocycles. The van der Waals surface area contributed by atoms with Gasteiger partial charge in [0.25, 0.3) is 5.56 Å². The Morgan fingerprint density at radius 2 is 1.70 bits per heavy atom. The fourth-order valence-electron chi connectivity index (χ4n) is 3.07. The van der Waals surface area contributed by atoms with E-state index in [-0.39, 0.29) is 19.6 Å². The van der Waals surface area contributed by atoms with Crippen molar-refractivity contribution in [3.8, 4) is 5.75 Å². The first kappa shape index (κ1) is 21.0. The van der Waals surface area contributed by atoms with Crippen LogP contribution in [0.15, 0.2) is 53.3 Å². The third-order valence-corrected chi connectivity index (χ3v) is 4.32. The zero-order chi connectivity index (χ0) is 21.5. The standard InChI is InChI=1S/C22H23N3O5/c1-3-29-19-12-8-7-11-17(19)23-20(26)14-25-22(28)16-10-6-5-9-15(16)18(24-25)13-21(27)30-4-2/h5-12H,3-4,13-14H2,1-2H3,(H,23,26). The highest BCUT2D eigenvalue weighted by Crippen LogP contribution is 2.23. The topological polar surface area (TPSA) is 99.5 Å². The summed E-state index contributed by atoms with van der Waals surface area (Å²) in [6.07, 6.45) is -0.0938. The van der Waals surface area contributed by atoms with Crippen LogP contribution in [0.1, 0.15) is 19.5 Å². The molecular formula is C22H23N3O5. The molecule has 0 atom stereocenters. The summed E-state index contributed by atoms with van der Waals surface area (Å²) in [4.78, 5) is 37.4. The highest BCUT2D eigenvalue weighted by Gasteiger charge is 2.16. The molecule has 0 unspecified atom stereocenters. The minimum Gasteiger partial charge on any atom is -0.492 e. The van der Waals surface area contributed by atoms with E-state index < -0.39 is 17.4 Å². The molecule has 156 valence electrons. The Labute approximate surface area is 173 Å². The fourth-order valence-corrected chi connectivity index (χ4v) is 3.07. The number of aromatic nitrogens is 2. The number of esters is 1. The van der Waals surface area contributed by atoms with E-state index in [1.807, 2.05) is 6.92 Å². The SMILES string of the molecule is CCOC(=O)Cc1nn(CC(=O)Nc2ccccc2OCC)c(=O)c2ccccc12. The van der Waals surface area contributed by atoms with Crippen molar-refractivity contribution < 1.29 is 19.1 Å². The molecule has 2 aromatic carbocycles. The molecule has 0 fully saturated rings. The Bertz CT molecular complexity index is 1120. The normalized spacial score (nSPS) is 10.6. The molecule has 3 aromatic rings. The maximum Gasteiger partial charge on any atom is 0.311 e. The minimum atomic E-state index is -0.449. The molecule has 0 aliphatic heterocycles. The number of carbonyl (C=O) groups excluding carboxylic acids is 2. The number of amides is 1. The summed E-state index contributed by atoms with van der Waals surface area (Å²) in [5.41, 5.74) is 0.475. The van der Waals surface area contributed by atoms with Crippen LogP contribution in [0.3, 0.4) is 0 Å². The quantitative estimate of drug-likeness (QED) is 0.574. The van der Waals surface area contributed by atoms with Crippen LogP contribution in [0.4, 0.5) is 5.69 Å². The highest BCUT2D eigenvalue weighted by molar-refractivity contribution is 5.92. The van der Waals surface area contributed by atoms with Gasteiger partial charge in [0, 0.05) is 5.39 Å². The van der Waals surface area contributed by atoms with Crippen molar-refractivity contribution in [1.29, 1.82) is 0 Å². The lowest BCUT2D eigenvalue weighted by Crippen LogP contribution is -2.31. The maximum atomic E-state index is 12.8. The predicted octanol–water partition coefficient (Wildman–Crippen LogP) is 2.54. The van der Waals surface area contributed by atoms with Crippen molar-refractivity contribution in [1.82, 2.24) is 9.78 Å². The molecule has 1 aromatic heterocycles. The second kappa shape index (κ2) is 9.69. The van der Waals surface area contributed by atoms with Gasteiger partial charge in [0.2, 0.25) is 5.91 Å². The zero-order valence-electron chi connectivity index (χ0n) is 16.9. The average Bonchev–Trinajstić information content (AvgIpc) is 2.73. The first-order valence-corrected chi connectivity index (χ1v) is 9.69. The fraction of sp³-hybridized carbons (Fsp3) is 0.273. The number of hydrogen-bond acceptors (Lipinski definition) is 6. The van der Waals surface area contributed by atoms with Crippen molar-refractivity contribution in [2.24, 2.45) is 0 Å². The van der Waals surface area contributed by atoms with E-state index in [2.05, 4.69) is 10.4 Å². The number of fused-ring (bicyclic) bond motifs is 1. The Hall–Kier alpha value is -3.68. The Balaban J connectivity index is 1.90. The van der Waals surface area contributed by atoms with Gasteiger partial charge in [-0.1, -0.05) is 30.3 Å². The van der Waals surface area contributed by atoms with Gasteiger partial charge < -0.3 is 14.8 Å². The van der Waals surface area contributed by atoms with Crippen molar-refractivity contribution in [2.75, 3.05) is 18.5 Å². The number of ether oxygens (including phenoxy) is 2. The lowest BCUT2D eigenvalue weighted by Gasteiger charge is -2.13. The molecule has 1 N–H and O–H groups in total. The summed E-state index contributed by atoms with van der Waals surface area (Å²) < 4.78 is 11.6. The van der Waals surface area contributed by atoms with E-state index in [9.17, 15) is 14.4 Å². The van der Waals surface area contributed by atoms with Crippen molar-refractivity contribution >= 4 is 28.3 Å². The monoisotopic (exact) mass is 409 g/mol. The Morgan fingerprint density at radius 3 is 2.43 bits per heavy atom. The highest BCUT2D eigenvalue weighted by atomic mass is 16.5. The lowest BCUT2D eigenvalue weighted by molar-refractivity contribution is -0.142. The van der Waals surface area contributed by atoms with Crippen LogP contribution in [-0.2, 0) is 27.3 Å². The van der Waals surface area contributed by atoms with E-state index in [1.165, 1.54) is 0 Å². The average molecular weight is 409 g/mol. The van der Waals surface area contributed by atoms with Crippen LogP contribution >= 0.6 is 0 Å². The molecule has 8 heteroatoms. The van der Waals surface area contributed by atoms with Gasteiger partial charge in [-0.2, -0.15) is 5.10 Å². The first-order chi connectivity index (χ1) is 14.5. The van der Waals surface area contributed by atoms with Crippen LogP contribution in [0.25, 0.3) is 10.8 Å². The maximum absolute atomic E-state index is 12.8. The number of para-hydroxylation sites is 2. The molecule has 8 nitrogen and oxygen atoms in total. The van der Waals surface area contributed by atoms with Gasteiger partial charge in [0.05, 0.1) is 36.4 Å². The molecule has 3 rings (SSSR count). The summed E-state index contributed by atoms with van der Waals surface area (Å²) in [6.45, 7) is 3.96. The zero-order valence-corrected chi connectivity index (χ0v) is 16.9. The van der Waals surface area contributed by atoms with Crippen LogP contribution < -0.4 is 15.6 Å². The summed E-state index contributed by atoms with van der Waals surface area (Å²) in [6, 6.07) is 13.9. The van der Waals surface area contributed by atoms with E-state index in [0.717, 1.165) is 4.68 Å². The van der Waals surface area contributed by atoms with Crippen LogP contribution in [0, 0.1) is 0 Å². The number of rotatable bonds is 8. The number of nitrogens with zero attached hydrogens (tertiary/aromatic N) is 2. The van der Waals surface area contributed by atoms with Crippen molar-refractivity contribution in [2.45, 2.75) is 26.8 Å². The molecule has 1 amide bonds. The number of benzene rings is 2. The van der Waals surface area contributed by atoms with Gasteiger partial charge in [-0.3, -0.25) is 14.4 Å². The summed E-state index contributed by atoms with van der Waals surface area (Å²) in [5.74, 6) is -0.347. The predicted molar refractivity (Wildman–Crippen MR) is 113 cm³/mol. The molecule has 0 aliphatic carbocycles. The minimum absolute atomic E-state index is 0.0938. The van der Waals surface area contributed by atoms with E-state index >= 15 is 0 Å². The molecule has 0 saturated carbocycles. The summed E-state index contributed by atoms with van der Waals surface area (Å²) in [5, 5.41) is 7.97. The molecule has 30 heavy (non-hydrogen) atoms. The molecule has 0 radical (unpaired) electrons. The van der Waals surface area contributed by atoms with Gasteiger partial charge in [0.15, 0.2) is 0 Å². The Kier molecular flexibility index (Phi) is 6.79. The number of nitrogens with one attached hydrogen (secondary N) is 1. The van der Waals surface area contributed by atoms with Gasteiger partial charge in [-0.25, -0.2) is 4.68 Å². The smallest absolute Gasteiger partial charge is 0.311 e. The largest absolute Gasteiger partial charge is 0.492 e. The van der Waals surface area contributed by atoms with Crippen molar-refractivity contribution in [3.63, 3.8) is 0 Å². The first-order valence-electron chi connectivity index (χ1n) is 9.69. The molecule has 0 aliphatic rings. The molecule has 1 heterocycles. The number of anilines is 1. The summed E-state index contributed by atoms with van der Waals surface area (Å²) in [7, 11) is 0. The van der Waals surface area contributed by atoms with Gasteiger partial charge in [-0.15, -0.1) is 0 Å². The lowest BCUT2D eigenvalue weighted by atomic mass is 10.1. The van der Waals surface area contributed by atoms with Gasteiger partial charge >= 0.3 is 5.97 Å². The number of hydrogen-bond donors (Lipinski definition) is 1. The van der Waals surface area contributed by atoms with Crippen LogP contribution in [0.5, 0.6) is 5.75 Å². The van der Waals surface area contributed by atoms with E-state index in [1.54, 1.807) is 55.5 Å². The van der Waals surface area contributed by atoms with Gasteiger partial charge in [0.1, 0.15) is 12.3 Å². The molecular weight excluding hydrogens is 386 g/mol. The van der Waals surface area contributed by atoms with E-state index in [4.69, 9.17) is 9.47 Å². The van der Waals surface area contributed by atoms with Gasteiger partial charge in [-0.05, 0) is 32.0 Å². The summed E-state index contributed by atoms with van der Waals surface area (Å²) >= 11 is 0. The third-order valence-electron chi connectivity index (χ3n) is 4.32. The van der Waals surface area contributed by atoms with E-state index in [0.29, 0.717) is 34.5 Å². The molecule has 0 bridgehead atoms. The third kappa shape index (κ3) is 4.83. The Morgan fingerprint density at radius 1 is 1.00 bits per heavy atom. The second-order valence-electron chi connectivity index (χ2n) is 6.41. The second-order valence-corrected chi connectivity index (χ2v) is 6.41. The number of carbonyl (C=O) groups is 2. The van der Waals surface area contributed by atoms with Crippen molar-refractivity contribution in [3.05, 3.63) is 64.6 Å².